The van der Waals surface area contributed by atoms with E-state index in [1.807, 2.05) is 4.90 Å². The fourth-order valence-corrected chi connectivity index (χ4v) is 2.58. The minimum atomic E-state index is 0.0342. The first-order chi connectivity index (χ1) is 9.99. The lowest BCUT2D eigenvalue weighted by Gasteiger charge is -2.24. The molecule has 0 atom stereocenters. The summed E-state index contributed by atoms with van der Waals surface area (Å²) in [5.74, 6) is 0. The Morgan fingerprint density at radius 1 is 1.00 bits per heavy atom. The molecule has 0 unspecified atom stereocenters. The van der Waals surface area contributed by atoms with Gasteiger partial charge in [-0.1, -0.05) is 44.4 Å². The van der Waals surface area contributed by atoms with Crippen molar-refractivity contribution in [2.75, 3.05) is 18.4 Å². The van der Waals surface area contributed by atoms with Crippen molar-refractivity contribution < 1.29 is 4.79 Å². The molecule has 0 bridgehead atoms. The minimum absolute atomic E-state index is 0.0342. The van der Waals surface area contributed by atoms with Crippen LogP contribution in [0.15, 0.2) is 12.1 Å². The van der Waals surface area contributed by atoms with Gasteiger partial charge in [0.05, 0.1) is 0 Å². The van der Waals surface area contributed by atoms with Crippen molar-refractivity contribution >= 4 is 11.7 Å². The Bertz CT molecular complexity index is 437. The molecule has 3 heteroatoms. The average molecular weight is 290 g/mol. The van der Waals surface area contributed by atoms with Crippen molar-refractivity contribution in [2.24, 2.45) is 0 Å². The van der Waals surface area contributed by atoms with Crippen LogP contribution in [-0.2, 0) is 0 Å². The molecule has 0 aliphatic heterocycles. The topological polar surface area (TPSA) is 32.3 Å². The number of benzene rings is 1. The Morgan fingerprint density at radius 3 is 1.90 bits per heavy atom. The molecule has 0 radical (unpaired) electrons. The predicted octanol–water partition coefficient (Wildman–Crippen LogP) is 5.05. The lowest BCUT2D eigenvalue weighted by molar-refractivity contribution is 0.210. The largest absolute Gasteiger partial charge is 0.325 e. The number of nitrogens with zero attached hydrogens (tertiary/aromatic N) is 1. The SMILES string of the molecule is CCCCN(CCCC)C(=O)Nc1c(C)cc(C)cc1C. The van der Waals surface area contributed by atoms with Gasteiger partial charge in [-0.25, -0.2) is 4.79 Å². The van der Waals surface area contributed by atoms with Crippen LogP contribution in [0.1, 0.15) is 56.2 Å². The van der Waals surface area contributed by atoms with E-state index >= 15 is 0 Å². The Balaban J connectivity index is 2.80. The first-order valence-electron chi connectivity index (χ1n) is 8.13. The van der Waals surface area contributed by atoms with Gasteiger partial charge in [-0.3, -0.25) is 0 Å². The maximum atomic E-state index is 12.5. The Morgan fingerprint density at radius 2 is 1.48 bits per heavy atom. The van der Waals surface area contributed by atoms with E-state index in [9.17, 15) is 4.79 Å². The third kappa shape index (κ3) is 5.41. The van der Waals surface area contributed by atoms with Gasteiger partial charge in [-0.15, -0.1) is 0 Å². The molecule has 1 aromatic rings. The zero-order chi connectivity index (χ0) is 15.8. The van der Waals surface area contributed by atoms with Crippen molar-refractivity contribution in [1.29, 1.82) is 0 Å². The highest BCUT2D eigenvalue weighted by Gasteiger charge is 2.14. The monoisotopic (exact) mass is 290 g/mol. The van der Waals surface area contributed by atoms with Gasteiger partial charge >= 0.3 is 6.03 Å². The molecule has 1 rings (SSSR count). The van der Waals surface area contributed by atoms with E-state index < -0.39 is 0 Å². The van der Waals surface area contributed by atoms with Crippen molar-refractivity contribution in [2.45, 2.75) is 60.3 Å². The lowest BCUT2D eigenvalue weighted by Crippen LogP contribution is -2.36. The van der Waals surface area contributed by atoms with Crippen molar-refractivity contribution in [1.82, 2.24) is 4.90 Å². The van der Waals surface area contributed by atoms with Crippen LogP contribution in [0.25, 0.3) is 0 Å². The van der Waals surface area contributed by atoms with E-state index in [1.54, 1.807) is 0 Å². The second-order valence-corrected chi connectivity index (χ2v) is 5.90. The summed E-state index contributed by atoms with van der Waals surface area (Å²) < 4.78 is 0. The van der Waals surface area contributed by atoms with Crippen molar-refractivity contribution in [3.05, 3.63) is 28.8 Å². The lowest BCUT2D eigenvalue weighted by atomic mass is 10.1. The number of nitrogens with one attached hydrogen (secondary N) is 1. The molecule has 0 heterocycles. The molecule has 0 fully saturated rings. The Kier molecular flexibility index (Phi) is 7.27. The molecule has 118 valence electrons. The molecule has 1 N–H and O–H groups in total. The van der Waals surface area contributed by atoms with Crippen LogP contribution in [0.5, 0.6) is 0 Å². The number of hydrogen-bond donors (Lipinski definition) is 1. The molecule has 0 aliphatic rings. The summed E-state index contributed by atoms with van der Waals surface area (Å²) in [4.78, 5) is 14.5. The van der Waals surface area contributed by atoms with Gasteiger partial charge in [0.15, 0.2) is 0 Å². The number of unbranched alkanes of at least 4 members (excludes halogenated alkanes) is 2. The molecule has 21 heavy (non-hydrogen) atoms. The molecular formula is C18H30N2O. The zero-order valence-electron chi connectivity index (χ0n) is 14.3. The van der Waals surface area contributed by atoms with Crippen LogP contribution in [0.2, 0.25) is 0 Å². The van der Waals surface area contributed by atoms with Gasteiger partial charge in [-0.05, 0) is 44.7 Å². The summed E-state index contributed by atoms with van der Waals surface area (Å²) in [7, 11) is 0. The summed E-state index contributed by atoms with van der Waals surface area (Å²) in [5, 5.41) is 3.11. The summed E-state index contributed by atoms with van der Waals surface area (Å²) in [6, 6.07) is 4.27. The second kappa shape index (κ2) is 8.71. The minimum Gasteiger partial charge on any atom is -0.325 e. The zero-order valence-corrected chi connectivity index (χ0v) is 14.3. The number of hydrogen-bond acceptors (Lipinski definition) is 1. The summed E-state index contributed by atoms with van der Waals surface area (Å²) in [6.07, 6.45) is 4.34. The van der Waals surface area contributed by atoms with Crippen LogP contribution in [0.3, 0.4) is 0 Å². The van der Waals surface area contributed by atoms with Crippen molar-refractivity contribution in [3.63, 3.8) is 0 Å². The normalized spacial score (nSPS) is 10.5. The maximum Gasteiger partial charge on any atom is 0.321 e. The number of amides is 2. The van der Waals surface area contributed by atoms with Crippen LogP contribution in [0, 0.1) is 20.8 Å². The standard InChI is InChI=1S/C18H30N2O/c1-6-8-10-20(11-9-7-2)18(21)19-17-15(4)12-14(3)13-16(17)5/h12-13H,6-11H2,1-5H3,(H,19,21). The summed E-state index contributed by atoms with van der Waals surface area (Å²) >= 11 is 0. The van der Waals surface area contributed by atoms with Gasteiger partial charge in [0.2, 0.25) is 0 Å². The smallest absolute Gasteiger partial charge is 0.321 e. The van der Waals surface area contributed by atoms with Crippen LogP contribution < -0.4 is 5.32 Å². The molecule has 1 aromatic carbocycles. The van der Waals surface area contributed by atoms with Gasteiger partial charge in [0, 0.05) is 18.8 Å². The average Bonchev–Trinajstić information content (AvgIpc) is 2.42. The maximum absolute atomic E-state index is 12.5. The van der Waals surface area contributed by atoms with Crippen molar-refractivity contribution in [3.8, 4) is 0 Å². The van der Waals surface area contributed by atoms with Gasteiger partial charge in [-0.2, -0.15) is 0 Å². The molecule has 0 aromatic heterocycles. The van der Waals surface area contributed by atoms with Crippen LogP contribution in [0.4, 0.5) is 10.5 Å². The fourth-order valence-electron chi connectivity index (χ4n) is 2.58. The number of anilines is 1. The molecule has 2 amide bonds. The Hall–Kier alpha value is -1.51. The number of urea groups is 1. The first-order valence-corrected chi connectivity index (χ1v) is 8.13. The predicted molar refractivity (Wildman–Crippen MR) is 91.1 cm³/mol. The third-order valence-electron chi connectivity index (χ3n) is 3.76. The highest BCUT2D eigenvalue weighted by Crippen LogP contribution is 2.22. The quantitative estimate of drug-likeness (QED) is 0.749. The van der Waals surface area contributed by atoms with Crippen LogP contribution in [-0.4, -0.2) is 24.0 Å². The molecule has 3 nitrogen and oxygen atoms in total. The first kappa shape index (κ1) is 17.5. The molecule has 0 spiro atoms. The molecule has 0 saturated heterocycles. The number of carbonyl (C=O) groups excluding carboxylic acids is 1. The highest BCUT2D eigenvalue weighted by atomic mass is 16.2. The fraction of sp³-hybridized carbons (Fsp3) is 0.611. The molecular weight excluding hydrogens is 260 g/mol. The molecule has 0 saturated carbocycles. The Labute approximate surface area is 129 Å². The van der Waals surface area contributed by atoms with Gasteiger partial charge < -0.3 is 10.2 Å². The second-order valence-electron chi connectivity index (χ2n) is 5.90. The van der Waals surface area contributed by atoms with Gasteiger partial charge in [0.25, 0.3) is 0 Å². The third-order valence-corrected chi connectivity index (χ3v) is 3.76. The van der Waals surface area contributed by atoms with E-state index in [1.165, 1.54) is 5.56 Å². The van der Waals surface area contributed by atoms with Crippen LogP contribution >= 0.6 is 0 Å². The van der Waals surface area contributed by atoms with E-state index in [0.717, 1.165) is 55.6 Å². The summed E-state index contributed by atoms with van der Waals surface area (Å²) in [6.45, 7) is 12.2. The van der Waals surface area contributed by atoms with E-state index in [0.29, 0.717) is 0 Å². The van der Waals surface area contributed by atoms with E-state index in [-0.39, 0.29) is 6.03 Å². The summed E-state index contributed by atoms with van der Waals surface area (Å²) in [5.41, 5.74) is 4.46. The highest BCUT2D eigenvalue weighted by molar-refractivity contribution is 5.91. The number of carbonyl (C=O) groups is 1. The van der Waals surface area contributed by atoms with E-state index in [4.69, 9.17) is 0 Å². The number of aryl methyl sites for hydroxylation is 3. The number of rotatable bonds is 7. The van der Waals surface area contributed by atoms with E-state index in [2.05, 4.69) is 52.1 Å². The molecule has 0 aliphatic carbocycles. The van der Waals surface area contributed by atoms with Gasteiger partial charge in [0.1, 0.15) is 0 Å².